The molecule has 1 aliphatic heterocycles. The molecule has 0 spiro atoms. The summed E-state index contributed by atoms with van der Waals surface area (Å²) in [5, 5.41) is 1.27. The predicted molar refractivity (Wildman–Crippen MR) is 144 cm³/mol. The van der Waals surface area contributed by atoms with Gasteiger partial charge in [-0.15, -0.1) is 0 Å². The van der Waals surface area contributed by atoms with Crippen molar-refractivity contribution in [2.45, 2.75) is 43.5 Å². The first-order valence-corrected chi connectivity index (χ1v) is 15.2. The Hall–Kier alpha value is -0.630. The molecule has 0 N–H and O–H groups in total. The fourth-order valence-electron chi connectivity index (χ4n) is 4.43. The number of hydrogen-bond acceptors (Lipinski definition) is 4. The zero-order valence-corrected chi connectivity index (χ0v) is 22.9. The molecule has 1 saturated heterocycles. The van der Waals surface area contributed by atoms with Gasteiger partial charge in [-0.1, -0.05) is 34.8 Å². The molecule has 2 aromatic rings. The van der Waals surface area contributed by atoms with E-state index in [9.17, 15) is 8.42 Å². The third kappa shape index (κ3) is 7.18. The molecule has 182 valence electrons. The van der Waals surface area contributed by atoms with Crippen LogP contribution >= 0.6 is 46.6 Å². The lowest BCUT2D eigenvalue weighted by molar-refractivity contribution is 0.182. The molecule has 4 nitrogen and oxygen atoms in total. The van der Waals surface area contributed by atoms with E-state index in [0.29, 0.717) is 27.2 Å². The van der Waals surface area contributed by atoms with Crippen molar-refractivity contribution in [1.82, 2.24) is 4.90 Å². The van der Waals surface area contributed by atoms with Gasteiger partial charge in [0, 0.05) is 22.6 Å². The van der Waals surface area contributed by atoms with Crippen LogP contribution in [0.4, 0.5) is 5.69 Å². The first kappa shape index (κ1) is 27.0. The zero-order chi connectivity index (χ0) is 24.0. The average Bonchev–Trinajstić information content (AvgIpc) is 2.77. The Morgan fingerprint density at radius 2 is 1.82 bits per heavy atom. The molecule has 3 rings (SSSR count). The molecule has 33 heavy (non-hydrogen) atoms. The fraction of sp³-hybridized carbons (Fsp3) is 0.500. The molecule has 1 heterocycles. The molecular weight excluding hydrogens is 519 g/mol. The molecule has 1 aliphatic rings. The molecule has 2 aromatic carbocycles. The average molecular weight is 550 g/mol. The Morgan fingerprint density at radius 3 is 2.52 bits per heavy atom. The number of likely N-dealkylation sites (tertiary alicyclic amines) is 1. The lowest BCUT2D eigenvalue weighted by Gasteiger charge is -2.34. The summed E-state index contributed by atoms with van der Waals surface area (Å²) in [5.41, 5.74) is 0.393. The van der Waals surface area contributed by atoms with Crippen LogP contribution < -0.4 is 4.31 Å². The summed E-state index contributed by atoms with van der Waals surface area (Å²) >= 11 is 20.6. The molecule has 0 bridgehead atoms. The van der Waals surface area contributed by atoms with E-state index in [0.717, 1.165) is 32.0 Å². The van der Waals surface area contributed by atoms with E-state index in [1.165, 1.54) is 35.0 Å². The highest BCUT2D eigenvalue weighted by atomic mass is 35.5. The number of piperidine rings is 1. The molecule has 0 aliphatic carbocycles. The molecular formula is C24H31Cl3N2O2S2. The predicted octanol–water partition coefficient (Wildman–Crippen LogP) is 7.09. The van der Waals surface area contributed by atoms with Crippen molar-refractivity contribution in [1.29, 1.82) is 0 Å². The van der Waals surface area contributed by atoms with Gasteiger partial charge in [0.1, 0.15) is 0 Å². The van der Waals surface area contributed by atoms with Crippen molar-refractivity contribution in [3.05, 3.63) is 57.5 Å². The third-order valence-corrected chi connectivity index (χ3v) is 9.57. The molecule has 9 heteroatoms. The van der Waals surface area contributed by atoms with Gasteiger partial charge in [-0.05, 0) is 106 Å². The Bertz CT molecular complexity index is 1020. The third-order valence-electron chi connectivity index (χ3n) is 6.02. The summed E-state index contributed by atoms with van der Waals surface area (Å²) in [6.07, 6.45) is 6.30. The Morgan fingerprint density at radius 1 is 1.12 bits per heavy atom. The minimum atomic E-state index is -3.87. The van der Waals surface area contributed by atoms with Crippen LogP contribution in [0.5, 0.6) is 0 Å². The lowest BCUT2D eigenvalue weighted by Crippen LogP contribution is -2.40. The standard InChI is InChI=1S/C24H31Cl3N2O2S2/c1-18(5-3-13-28-14-4-6-19(16-28)17-32-2)29(24-15-21(26)9-12-23(24)27)33(30,31)22-10-7-20(25)8-11-22/h7-12,15,18-19H,3-6,13-14,16-17H2,1-2H3/t18-,19?/m1/s1. The normalized spacial score (nSPS) is 18.3. The summed E-state index contributed by atoms with van der Waals surface area (Å²) < 4.78 is 28.8. The topological polar surface area (TPSA) is 40.6 Å². The van der Waals surface area contributed by atoms with E-state index >= 15 is 0 Å². The van der Waals surface area contributed by atoms with Crippen LogP contribution in [0.1, 0.15) is 32.6 Å². The van der Waals surface area contributed by atoms with E-state index < -0.39 is 10.0 Å². The fourth-order valence-corrected chi connectivity index (χ4v) is 7.42. The highest BCUT2D eigenvalue weighted by Crippen LogP contribution is 2.35. The van der Waals surface area contributed by atoms with Crippen molar-refractivity contribution in [3.63, 3.8) is 0 Å². The van der Waals surface area contributed by atoms with Gasteiger partial charge in [-0.25, -0.2) is 8.42 Å². The van der Waals surface area contributed by atoms with Gasteiger partial charge < -0.3 is 4.90 Å². The van der Waals surface area contributed by atoms with Crippen molar-refractivity contribution >= 4 is 62.3 Å². The van der Waals surface area contributed by atoms with Crippen LogP contribution in [0.3, 0.4) is 0 Å². The SMILES string of the molecule is CSCC1CCCN(CCC[C@@H](C)N(c2cc(Cl)ccc2Cl)S(=O)(=O)c2ccc(Cl)cc2)C1. The molecule has 1 unspecified atom stereocenters. The first-order valence-electron chi connectivity index (χ1n) is 11.2. The van der Waals surface area contributed by atoms with Crippen LogP contribution in [0.25, 0.3) is 0 Å². The van der Waals surface area contributed by atoms with Gasteiger partial charge in [-0.3, -0.25) is 4.31 Å². The summed E-state index contributed by atoms with van der Waals surface area (Å²) in [5.74, 6) is 1.95. The number of thioether (sulfide) groups is 1. The zero-order valence-electron chi connectivity index (χ0n) is 19.0. The highest BCUT2D eigenvalue weighted by Gasteiger charge is 2.31. The maximum Gasteiger partial charge on any atom is 0.264 e. The number of hydrogen-bond donors (Lipinski definition) is 0. The minimum Gasteiger partial charge on any atom is -0.303 e. The van der Waals surface area contributed by atoms with Gasteiger partial charge >= 0.3 is 0 Å². The van der Waals surface area contributed by atoms with Crippen LogP contribution in [-0.2, 0) is 10.0 Å². The van der Waals surface area contributed by atoms with Gasteiger partial charge in [0.25, 0.3) is 10.0 Å². The monoisotopic (exact) mass is 548 g/mol. The van der Waals surface area contributed by atoms with Crippen LogP contribution in [0, 0.1) is 5.92 Å². The van der Waals surface area contributed by atoms with Crippen LogP contribution in [0.15, 0.2) is 47.4 Å². The second-order valence-corrected chi connectivity index (χ2v) is 12.6. The second-order valence-electron chi connectivity index (χ2n) is 8.61. The van der Waals surface area contributed by atoms with E-state index in [1.807, 2.05) is 18.7 Å². The van der Waals surface area contributed by atoms with Gasteiger partial charge in [0.05, 0.1) is 15.6 Å². The lowest BCUT2D eigenvalue weighted by atomic mass is 9.99. The Kier molecular flexibility index (Phi) is 10.1. The summed E-state index contributed by atoms with van der Waals surface area (Å²) in [7, 11) is -3.87. The van der Waals surface area contributed by atoms with Gasteiger partial charge in [0.15, 0.2) is 0 Å². The molecule has 1 fully saturated rings. The van der Waals surface area contributed by atoms with Crippen LogP contribution in [0.2, 0.25) is 15.1 Å². The van der Waals surface area contributed by atoms with E-state index in [2.05, 4.69) is 11.2 Å². The van der Waals surface area contributed by atoms with E-state index in [-0.39, 0.29) is 10.9 Å². The minimum absolute atomic E-state index is 0.172. The van der Waals surface area contributed by atoms with Crippen molar-refractivity contribution in [3.8, 4) is 0 Å². The number of halogens is 3. The summed E-state index contributed by atoms with van der Waals surface area (Å²) in [6.45, 7) is 5.14. The van der Waals surface area contributed by atoms with Crippen LogP contribution in [-0.4, -0.2) is 51.0 Å². The molecule has 0 amide bonds. The first-order chi connectivity index (χ1) is 15.7. The van der Waals surface area contributed by atoms with Crippen molar-refractivity contribution in [2.24, 2.45) is 5.92 Å². The van der Waals surface area contributed by atoms with Crippen molar-refractivity contribution < 1.29 is 8.42 Å². The molecule has 0 radical (unpaired) electrons. The molecule has 0 aromatic heterocycles. The number of rotatable bonds is 10. The van der Waals surface area contributed by atoms with Crippen molar-refractivity contribution in [2.75, 3.05) is 35.9 Å². The largest absolute Gasteiger partial charge is 0.303 e. The molecule has 0 saturated carbocycles. The van der Waals surface area contributed by atoms with E-state index in [1.54, 1.807) is 30.3 Å². The Balaban J connectivity index is 1.79. The smallest absolute Gasteiger partial charge is 0.264 e. The number of sulfonamides is 1. The van der Waals surface area contributed by atoms with Gasteiger partial charge in [0.2, 0.25) is 0 Å². The Labute approximate surface area is 217 Å². The highest BCUT2D eigenvalue weighted by molar-refractivity contribution is 7.98. The number of anilines is 1. The second kappa shape index (κ2) is 12.4. The summed E-state index contributed by atoms with van der Waals surface area (Å²) in [4.78, 5) is 2.69. The summed E-state index contributed by atoms with van der Waals surface area (Å²) in [6, 6.07) is 10.8. The number of benzene rings is 2. The maximum absolute atomic E-state index is 13.7. The number of nitrogens with zero attached hydrogens (tertiary/aromatic N) is 2. The maximum atomic E-state index is 13.7. The van der Waals surface area contributed by atoms with E-state index in [4.69, 9.17) is 34.8 Å². The molecule has 2 atom stereocenters. The quantitative estimate of drug-likeness (QED) is 0.317. The van der Waals surface area contributed by atoms with Gasteiger partial charge in [-0.2, -0.15) is 11.8 Å².